The van der Waals surface area contributed by atoms with E-state index in [4.69, 9.17) is 11.6 Å². The summed E-state index contributed by atoms with van der Waals surface area (Å²) in [7, 11) is -3.81. The topological polar surface area (TPSA) is 79.4 Å². The minimum atomic E-state index is -3.81. The summed E-state index contributed by atoms with van der Waals surface area (Å²) in [6, 6.07) is 14.0. The van der Waals surface area contributed by atoms with E-state index in [-0.39, 0.29) is 10.9 Å². The number of anilines is 1. The molecule has 0 aliphatic carbocycles. The van der Waals surface area contributed by atoms with Crippen molar-refractivity contribution in [3.63, 3.8) is 0 Å². The van der Waals surface area contributed by atoms with Crippen molar-refractivity contribution in [1.29, 1.82) is 0 Å². The van der Waals surface area contributed by atoms with Crippen LogP contribution in [0.15, 0.2) is 65.8 Å². The first-order valence-corrected chi connectivity index (χ1v) is 12.2. The number of hydrogen-bond acceptors (Lipinski definition) is 5. The van der Waals surface area contributed by atoms with E-state index in [9.17, 15) is 13.2 Å². The molecule has 4 rings (SSSR count). The molecule has 1 aliphatic rings. The molecule has 1 unspecified atom stereocenters. The zero-order valence-corrected chi connectivity index (χ0v) is 18.7. The molecule has 3 aromatic rings. The van der Waals surface area contributed by atoms with E-state index >= 15 is 0 Å². The summed E-state index contributed by atoms with van der Waals surface area (Å²) in [5.74, 6) is -0.460. The molecule has 2 aromatic carbocycles. The van der Waals surface area contributed by atoms with Gasteiger partial charge >= 0.3 is 0 Å². The second-order valence-electron chi connectivity index (χ2n) is 7.82. The molecule has 1 atom stereocenters. The zero-order valence-electron chi connectivity index (χ0n) is 17.2. The van der Waals surface area contributed by atoms with Crippen LogP contribution in [0.5, 0.6) is 0 Å². The molecule has 1 amide bonds. The van der Waals surface area contributed by atoms with Crippen molar-refractivity contribution in [1.82, 2.24) is 10.3 Å². The maximum atomic E-state index is 13.1. The average molecular weight is 458 g/mol. The van der Waals surface area contributed by atoms with Gasteiger partial charge in [-0.15, -0.1) is 0 Å². The van der Waals surface area contributed by atoms with Crippen molar-refractivity contribution < 1.29 is 13.2 Å². The third-order valence-corrected chi connectivity index (χ3v) is 8.10. The summed E-state index contributed by atoms with van der Waals surface area (Å²) < 4.78 is 26.1. The molecule has 1 aromatic heterocycles. The lowest BCUT2D eigenvalue weighted by molar-refractivity contribution is -0.121. The van der Waals surface area contributed by atoms with Crippen molar-refractivity contribution in [3.05, 3.63) is 65.9 Å². The molecular formula is C23H24ClN3O3S. The van der Waals surface area contributed by atoms with Crippen molar-refractivity contribution >= 4 is 43.8 Å². The number of piperidine rings is 1. The Labute approximate surface area is 187 Å². The summed E-state index contributed by atoms with van der Waals surface area (Å²) in [4.78, 5) is 19.2. The highest BCUT2D eigenvalue weighted by Crippen LogP contribution is 2.25. The van der Waals surface area contributed by atoms with Crippen LogP contribution in [-0.4, -0.2) is 43.7 Å². The molecule has 0 bridgehead atoms. The van der Waals surface area contributed by atoms with Gasteiger partial charge in [0.2, 0.25) is 5.91 Å². The van der Waals surface area contributed by atoms with E-state index in [2.05, 4.69) is 15.2 Å². The van der Waals surface area contributed by atoms with Crippen molar-refractivity contribution in [2.24, 2.45) is 0 Å². The van der Waals surface area contributed by atoms with Crippen LogP contribution in [0.3, 0.4) is 0 Å². The Morgan fingerprint density at radius 2 is 1.71 bits per heavy atom. The number of sulfone groups is 1. The number of hydrogen-bond donors (Lipinski definition) is 1. The molecule has 1 saturated heterocycles. The molecule has 1 aliphatic heterocycles. The number of carbonyl (C=O) groups is 1. The first-order valence-electron chi connectivity index (χ1n) is 10.2. The minimum absolute atomic E-state index is 0.0398. The Morgan fingerprint density at radius 1 is 1.06 bits per heavy atom. The Morgan fingerprint density at radius 3 is 2.42 bits per heavy atom. The molecule has 8 heteroatoms. The van der Waals surface area contributed by atoms with Crippen molar-refractivity contribution in [2.45, 2.75) is 36.0 Å². The van der Waals surface area contributed by atoms with E-state index in [1.807, 2.05) is 12.1 Å². The molecule has 2 heterocycles. The maximum absolute atomic E-state index is 13.1. The average Bonchev–Trinajstić information content (AvgIpc) is 2.79. The van der Waals surface area contributed by atoms with Crippen molar-refractivity contribution in [2.75, 3.05) is 18.0 Å². The van der Waals surface area contributed by atoms with Crippen LogP contribution in [0.1, 0.15) is 19.8 Å². The zero-order chi connectivity index (χ0) is 22.0. The highest BCUT2D eigenvalue weighted by Gasteiger charge is 2.32. The fraction of sp³-hybridized carbons (Fsp3) is 0.304. The summed E-state index contributed by atoms with van der Waals surface area (Å²) >= 11 is 6.00. The number of nitrogens with one attached hydrogen (secondary N) is 1. The monoisotopic (exact) mass is 457 g/mol. The second-order valence-corrected chi connectivity index (χ2v) is 10.5. The van der Waals surface area contributed by atoms with E-state index in [0.29, 0.717) is 5.02 Å². The van der Waals surface area contributed by atoms with E-state index in [0.717, 1.165) is 42.4 Å². The van der Waals surface area contributed by atoms with Gasteiger partial charge in [0.25, 0.3) is 0 Å². The number of nitrogens with zero attached hydrogens (tertiary/aromatic N) is 2. The van der Waals surface area contributed by atoms with Gasteiger partial charge in [-0.1, -0.05) is 23.7 Å². The number of halogens is 1. The standard InChI is InChI=1S/C23H24ClN3O3S/c1-16(31(29,30)22-5-3-17-14-19(24)4-2-18(17)15-22)23(28)26-20-8-12-27(13-9-20)21-6-10-25-11-7-21/h2-7,10-11,14-16,20H,8-9,12-13H2,1H3,(H,26,28). The van der Waals surface area contributed by atoms with Gasteiger partial charge in [0, 0.05) is 42.2 Å². The SMILES string of the molecule is CC(C(=O)NC1CCN(c2ccncc2)CC1)S(=O)(=O)c1ccc2cc(Cl)ccc2c1. The van der Waals surface area contributed by atoms with Crippen LogP contribution in [0.25, 0.3) is 10.8 Å². The molecule has 1 fully saturated rings. The second kappa shape index (κ2) is 8.85. The predicted molar refractivity (Wildman–Crippen MR) is 123 cm³/mol. The third-order valence-electron chi connectivity index (χ3n) is 5.81. The molecule has 31 heavy (non-hydrogen) atoms. The highest BCUT2D eigenvalue weighted by molar-refractivity contribution is 7.92. The van der Waals surface area contributed by atoms with Gasteiger partial charge in [0.05, 0.1) is 4.90 Å². The maximum Gasteiger partial charge on any atom is 0.238 e. The van der Waals surface area contributed by atoms with Gasteiger partial charge in [-0.3, -0.25) is 9.78 Å². The van der Waals surface area contributed by atoms with Gasteiger partial charge in [0.1, 0.15) is 5.25 Å². The van der Waals surface area contributed by atoms with Crippen LogP contribution < -0.4 is 10.2 Å². The van der Waals surface area contributed by atoms with Gasteiger partial charge in [-0.05, 0) is 66.9 Å². The first-order chi connectivity index (χ1) is 14.8. The van der Waals surface area contributed by atoms with Crippen LogP contribution >= 0.6 is 11.6 Å². The molecular weight excluding hydrogens is 434 g/mol. The Balaban J connectivity index is 1.41. The fourth-order valence-electron chi connectivity index (χ4n) is 3.87. The fourth-order valence-corrected chi connectivity index (χ4v) is 5.36. The first kappa shape index (κ1) is 21.6. The number of benzene rings is 2. The molecule has 6 nitrogen and oxygen atoms in total. The largest absolute Gasteiger partial charge is 0.371 e. The van der Waals surface area contributed by atoms with Gasteiger partial charge in [-0.25, -0.2) is 8.42 Å². The van der Waals surface area contributed by atoms with Crippen LogP contribution in [0.2, 0.25) is 5.02 Å². The van der Waals surface area contributed by atoms with E-state index in [1.165, 1.54) is 13.0 Å². The number of aromatic nitrogens is 1. The van der Waals surface area contributed by atoms with Crippen LogP contribution in [0, 0.1) is 0 Å². The van der Waals surface area contributed by atoms with E-state index < -0.39 is 21.0 Å². The predicted octanol–water partition coefficient (Wildman–Crippen LogP) is 3.84. The minimum Gasteiger partial charge on any atom is -0.371 e. The summed E-state index contributed by atoms with van der Waals surface area (Å²) in [6.07, 6.45) is 5.05. The number of amides is 1. The summed E-state index contributed by atoms with van der Waals surface area (Å²) in [6.45, 7) is 3.04. The summed E-state index contributed by atoms with van der Waals surface area (Å²) in [5.41, 5.74) is 1.10. The molecule has 162 valence electrons. The van der Waals surface area contributed by atoms with Crippen LogP contribution in [-0.2, 0) is 14.6 Å². The lowest BCUT2D eigenvalue weighted by Gasteiger charge is -2.34. The highest BCUT2D eigenvalue weighted by atomic mass is 35.5. The number of pyridine rings is 1. The third kappa shape index (κ3) is 4.67. The number of rotatable bonds is 5. The smallest absolute Gasteiger partial charge is 0.238 e. The molecule has 0 radical (unpaired) electrons. The Kier molecular flexibility index (Phi) is 6.16. The lowest BCUT2D eigenvalue weighted by atomic mass is 10.0. The van der Waals surface area contributed by atoms with Gasteiger partial charge in [-0.2, -0.15) is 0 Å². The summed E-state index contributed by atoms with van der Waals surface area (Å²) in [5, 5.41) is 3.97. The van der Waals surface area contributed by atoms with Crippen molar-refractivity contribution in [3.8, 4) is 0 Å². The number of fused-ring (bicyclic) bond motifs is 1. The Hall–Kier alpha value is -2.64. The van der Waals surface area contributed by atoms with Gasteiger partial charge in [0.15, 0.2) is 9.84 Å². The van der Waals surface area contributed by atoms with Crippen LogP contribution in [0.4, 0.5) is 5.69 Å². The van der Waals surface area contributed by atoms with E-state index in [1.54, 1.807) is 42.7 Å². The lowest BCUT2D eigenvalue weighted by Crippen LogP contribution is -2.48. The molecule has 0 saturated carbocycles. The normalized spacial score (nSPS) is 16.3. The molecule has 1 N–H and O–H groups in total. The quantitative estimate of drug-likeness (QED) is 0.629. The number of carbonyl (C=O) groups excluding carboxylic acids is 1. The molecule has 0 spiro atoms. The Bertz CT molecular complexity index is 1190. The van der Waals surface area contributed by atoms with Gasteiger partial charge < -0.3 is 10.2 Å².